The van der Waals surface area contributed by atoms with E-state index in [-0.39, 0.29) is 10.8 Å². The molecular weight excluding hydrogens is 811 g/mol. The first-order valence-electron chi connectivity index (χ1n) is 25.4. The standard InChI is InChI=1S/C65H57NO/c1-41-33-43-35-42(2)65(48(34-41)36-43)59-18-10-8-16-53(59)57-37-46(22-30-60(57)65)47-21-27-55-56-29-26-51(40-63(56)67-62(55)38-47)66(49-23-19-45(20-24-49)44-13-5-3-6-14-44)50-25-28-54-52-15-7-9-17-58(52)64(61(54)39-50)31-11-4-12-32-64/h3,5-10,13-30,37-43,48H,4,11-12,31-36H2,1-2H3/t41-,42+,43?,48-,65-/m1/s1. The highest BCUT2D eigenvalue weighted by atomic mass is 16.3. The molecule has 3 saturated carbocycles. The van der Waals surface area contributed by atoms with Crippen molar-refractivity contribution in [1.29, 1.82) is 0 Å². The molecule has 0 aliphatic heterocycles. The third-order valence-electron chi connectivity index (χ3n) is 17.8. The van der Waals surface area contributed by atoms with E-state index in [9.17, 15) is 0 Å². The Bertz CT molecular complexity index is 3400. The van der Waals surface area contributed by atoms with Crippen molar-refractivity contribution in [3.05, 3.63) is 198 Å². The molecule has 9 aromatic rings. The molecule has 2 nitrogen and oxygen atoms in total. The quantitative estimate of drug-likeness (QED) is 0.171. The number of fused-ring (bicyclic) bond motifs is 16. The molecule has 5 aliphatic rings. The highest BCUT2D eigenvalue weighted by Crippen LogP contribution is 2.65. The summed E-state index contributed by atoms with van der Waals surface area (Å²) in [7, 11) is 0. The fourth-order valence-electron chi connectivity index (χ4n) is 15.1. The van der Waals surface area contributed by atoms with E-state index in [4.69, 9.17) is 4.42 Å². The molecule has 2 heteroatoms. The summed E-state index contributed by atoms with van der Waals surface area (Å²) in [6, 6.07) is 66.8. The average Bonchev–Trinajstić information content (AvgIpc) is 3.98. The predicted octanol–water partition coefficient (Wildman–Crippen LogP) is 18.0. The summed E-state index contributed by atoms with van der Waals surface area (Å²) < 4.78 is 6.94. The fourth-order valence-corrected chi connectivity index (χ4v) is 15.1. The van der Waals surface area contributed by atoms with E-state index >= 15 is 0 Å². The Kier molecular flexibility index (Phi) is 8.81. The summed E-state index contributed by atoms with van der Waals surface area (Å²) >= 11 is 0. The van der Waals surface area contributed by atoms with Gasteiger partial charge < -0.3 is 9.32 Å². The molecule has 14 rings (SSSR count). The van der Waals surface area contributed by atoms with E-state index in [0.29, 0.717) is 11.8 Å². The zero-order valence-electron chi connectivity index (χ0n) is 38.8. The molecule has 5 aliphatic carbocycles. The highest BCUT2D eigenvalue weighted by molar-refractivity contribution is 6.07. The molecule has 0 saturated heterocycles. The average molecular weight is 868 g/mol. The van der Waals surface area contributed by atoms with Crippen LogP contribution in [0.5, 0.6) is 0 Å². The Labute approximate surface area is 395 Å². The van der Waals surface area contributed by atoms with E-state index in [1.807, 2.05) is 0 Å². The van der Waals surface area contributed by atoms with Gasteiger partial charge in [-0.05, 0) is 184 Å². The molecular formula is C65H57NO. The van der Waals surface area contributed by atoms with Crippen molar-refractivity contribution in [2.75, 3.05) is 4.90 Å². The van der Waals surface area contributed by atoms with Crippen molar-refractivity contribution in [1.82, 2.24) is 0 Å². The van der Waals surface area contributed by atoms with Gasteiger partial charge in [-0.25, -0.2) is 0 Å². The molecule has 8 aromatic carbocycles. The second-order valence-electron chi connectivity index (χ2n) is 21.3. The van der Waals surface area contributed by atoms with Crippen LogP contribution in [0, 0.1) is 23.7 Å². The smallest absolute Gasteiger partial charge is 0.137 e. The highest BCUT2D eigenvalue weighted by Gasteiger charge is 2.56. The molecule has 1 unspecified atom stereocenters. The lowest BCUT2D eigenvalue weighted by atomic mass is 9.49. The van der Waals surface area contributed by atoms with Gasteiger partial charge in [-0.15, -0.1) is 0 Å². The van der Waals surface area contributed by atoms with Gasteiger partial charge in [0.1, 0.15) is 11.2 Å². The van der Waals surface area contributed by atoms with Gasteiger partial charge in [0.15, 0.2) is 0 Å². The first-order chi connectivity index (χ1) is 33.0. The van der Waals surface area contributed by atoms with Gasteiger partial charge >= 0.3 is 0 Å². The van der Waals surface area contributed by atoms with Crippen molar-refractivity contribution < 1.29 is 4.42 Å². The van der Waals surface area contributed by atoms with Crippen LogP contribution in [0.4, 0.5) is 17.1 Å². The normalized spacial score (nSPS) is 23.0. The maximum Gasteiger partial charge on any atom is 0.137 e. The van der Waals surface area contributed by atoms with Gasteiger partial charge in [0.05, 0.1) is 0 Å². The van der Waals surface area contributed by atoms with Crippen molar-refractivity contribution in [3.63, 3.8) is 0 Å². The third kappa shape index (κ3) is 5.81. The molecule has 1 aromatic heterocycles. The minimum atomic E-state index is 0.0685. The summed E-state index contributed by atoms with van der Waals surface area (Å²) in [5, 5.41) is 2.30. The van der Waals surface area contributed by atoms with Gasteiger partial charge in [0.2, 0.25) is 0 Å². The largest absolute Gasteiger partial charge is 0.456 e. The van der Waals surface area contributed by atoms with Gasteiger partial charge in [0.25, 0.3) is 0 Å². The number of hydrogen-bond acceptors (Lipinski definition) is 2. The van der Waals surface area contributed by atoms with Crippen molar-refractivity contribution in [3.8, 4) is 44.5 Å². The van der Waals surface area contributed by atoms with Crippen molar-refractivity contribution in [2.45, 2.75) is 82.5 Å². The fraction of sp³-hybridized carbons (Fsp3) is 0.262. The lowest BCUT2D eigenvalue weighted by molar-refractivity contribution is 0.0426. The van der Waals surface area contributed by atoms with Crippen LogP contribution < -0.4 is 4.90 Å². The molecule has 328 valence electrons. The van der Waals surface area contributed by atoms with Gasteiger partial charge in [-0.1, -0.05) is 148 Å². The summed E-state index contributed by atoms with van der Waals surface area (Å²) in [6.45, 7) is 5.07. The lowest BCUT2D eigenvalue weighted by Gasteiger charge is -2.54. The molecule has 2 bridgehead atoms. The molecule has 0 N–H and O–H groups in total. The number of nitrogens with zero attached hydrogens (tertiary/aromatic N) is 1. The molecule has 0 amide bonds. The van der Waals surface area contributed by atoms with Crippen LogP contribution in [0.2, 0.25) is 0 Å². The number of furan rings is 1. The van der Waals surface area contributed by atoms with Crippen LogP contribution in [0.3, 0.4) is 0 Å². The van der Waals surface area contributed by atoms with Crippen molar-refractivity contribution >= 4 is 39.0 Å². The minimum Gasteiger partial charge on any atom is -0.456 e. The number of anilines is 3. The zero-order chi connectivity index (χ0) is 44.4. The molecule has 67 heavy (non-hydrogen) atoms. The summed E-state index contributed by atoms with van der Waals surface area (Å²) in [5.41, 5.74) is 22.2. The molecule has 3 fully saturated rings. The number of hydrogen-bond donors (Lipinski definition) is 0. The Morgan fingerprint density at radius 1 is 0.433 bits per heavy atom. The first-order valence-corrected chi connectivity index (χ1v) is 25.4. The molecule has 2 spiro atoms. The topological polar surface area (TPSA) is 16.4 Å². The summed E-state index contributed by atoms with van der Waals surface area (Å²) in [4.78, 5) is 2.45. The second kappa shape index (κ2) is 14.9. The van der Waals surface area contributed by atoms with Crippen LogP contribution in [0.25, 0.3) is 66.4 Å². The second-order valence-corrected chi connectivity index (χ2v) is 21.3. The van der Waals surface area contributed by atoms with Gasteiger partial charge in [-0.3, -0.25) is 0 Å². The van der Waals surface area contributed by atoms with E-state index in [0.717, 1.165) is 45.1 Å². The summed E-state index contributed by atoms with van der Waals surface area (Å²) in [5.74, 6) is 3.01. The van der Waals surface area contributed by atoms with Crippen LogP contribution in [-0.4, -0.2) is 0 Å². The van der Waals surface area contributed by atoms with Crippen LogP contribution in [0.15, 0.2) is 180 Å². The van der Waals surface area contributed by atoms with Gasteiger partial charge in [-0.2, -0.15) is 0 Å². The molecule has 5 atom stereocenters. The Morgan fingerprint density at radius 3 is 1.85 bits per heavy atom. The SMILES string of the molecule is C[C@@H]1CC2C[C@@H](C1)[C@@]1(c3ccccc3-c3cc(-c4ccc5c(c4)oc4cc(N(c6ccc(-c7ccccc7)cc6)c6ccc7c(c6)C6(CCCCC6)c6ccccc6-7)ccc45)ccc31)[C@@H](C)C2. The Balaban J connectivity index is 0.866. The van der Waals surface area contributed by atoms with E-state index in [2.05, 4.69) is 195 Å². The van der Waals surface area contributed by atoms with E-state index < -0.39 is 0 Å². The lowest BCUT2D eigenvalue weighted by Crippen LogP contribution is -2.49. The third-order valence-corrected chi connectivity index (χ3v) is 17.8. The Hall–Kier alpha value is -6.64. The van der Waals surface area contributed by atoms with Crippen LogP contribution in [-0.2, 0) is 10.8 Å². The van der Waals surface area contributed by atoms with Crippen LogP contribution >= 0.6 is 0 Å². The maximum absolute atomic E-state index is 6.94. The molecule has 1 heterocycles. The zero-order valence-corrected chi connectivity index (χ0v) is 38.8. The maximum atomic E-state index is 6.94. The van der Waals surface area contributed by atoms with Gasteiger partial charge in [0, 0.05) is 44.7 Å². The van der Waals surface area contributed by atoms with E-state index in [1.54, 1.807) is 11.1 Å². The first kappa shape index (κ1) is 39.5. The van der Waals surface area contributed by atoms with Crippen molar-refractivity contribution in [2.24, 2.45) is 23.7 Å². The Morgan fingerprint density at radius 2 is 1.03 bits per heavy atom. The predicted molar refractivity (Wildman–Crippen MR) is 279 cm³/mol. The summed E-state index contributed by atoms with van der Waals surface area (Å²) in [6.07, 6.45) is 11.7. The number of benzene rings is 8. The monoisotopic (exact) mass is 867 g/mol. The van der Waals surface area contributed by atoms with E-state index in [1.165, 1.54) is 119 Å². The molecule has 0 radical (unpaired) electrons. The minimum absolute atomic E-state index is 0.0685. The van der Waals surface area contributed by atoms with Crippen LogP contribution in [0.1, 0.15) is 93.9 Å². The number of rotatable bonds is 5.